The minimum Gasteiger partial charge on any atom is -0.309 e. The lowest BCUT2D eigenvalue weighted by Gasteiger charge is -2.21. The van der Waals surface area contributed by atoms with E-state index >= 15 is 0 Å². The molecular weight excluding hydrogens is 224 g/mol. The van der Waals surface area contributed by atoms with Gasteiger partial charge in [0, 0.05) is 12.3 Å². The maximum atomic E-state index is 11.4. The van der Waals surface area contributed by atoms with E-state index in [2.05, 4.69) is 30.8 Å². The highest BCUT2D eigenvalue weighted by Gasteiger charge is 2.10. The lowest BCUT2D eigenvalue weighted by molar-refractivity contribution is 0.279. The maximum absolute atomic E-state index is 11.4. The molecule has 0 radical (unpaired) electrons. The van der Waals surface area contributed by atoms with Crippen LogP contribution < -0.4 is 0 Å². The first-order chi connectivity index (χ1) is 7.41. The summed E-state index contributed by atoms with van der Waals surface area (Å²) in [5.74, 6) is 0.543. The van der Waals surface area contributed by atoms with Gasteiger partial charge in [0.15, 0.2) is 9.84 Å². The molecule has 0 fully saturated rings. The molecule has 0 aliphatic carbocycles. The van der Waals surface area contributed by atoms with Crippen molar-refractivity contribution < 1.29 is 8.42 Å². The SMILES string of the molecule is CCN(CCCN(C)C)CCS(=O)(=O)CC. The largest absolute Gasteiger partial charge is 0.309 e. The second-order valence-corrected chi connectivity index (χ2v) is 6.80. The Balaban J connectivity index is 3.84. The Morgan fingerprint density at radius 3 is 2.06 bits per heavy atom. The number of nitrogens with zero attached hydrogens (tertiary/aromatic N) is 2. The molecule has 0 aromatic carbocycles. The second-order valence-electron chi connectivity index (χ2n) is 4.33. The highest BCUT2D eigenvalue weighted by Crippen LogP contribution is 1.96. The Morgan fingerprint density at radius 2 is 1.62 bits per heavy atom. The molecule has 0 aliphatic rings. The van der Waals surface area contributed by atoms with Gasteiger partial charge in [-0.1, -0.05) is 13.8 Å². The summed E-state index contributed by atoms with van der Waals surface area (Å²) in [6, 6.07) is 0. The van der Waals surface area contributed by atoms with E-state index in [-0.39, 0.29) is 5.75 Å². The van der Waals surface area contributed by atoms with Gasteiger partial charge < -0.3 is 9.80 Å². The van der Waals surface area contributed by atoms with Crippen LogP contribution in [0.5, 0.6) is 0 Å². The third-order valence-electron chi connectivity index (χ3n) is 2.69. The lowest BCUT2D eigenvalue weighted by Crippen LogP contribution is -2.32. The molecule has 0 atom stereocenters. The van der Waals surface area contributed by atoms with Crippen LogP contribution in [0.4, 0.5) is 0 Å². The summed E-state index contributed by atoms with van der Waals surface area (Å²) in [5.41, 5.74) is 0. The van der Waals surface area contributed by atoms with Crippen molar-refractivity contribution in [3.05, 3.63) is 0 Å². The van der Waals surface area contributed by atoms with Crippen LogP contribution in [-0.2, 0) is 9.84 Å². The summed E-state index contributed by atoms with van der Waals surface area (Å²) in [7, 11) is 1.29. The fourth-order valence-electron chi connectivity index (χ4n) is 1.45. The molecule has 5 heteroatoms. The monoisotopic (exact) mass is 250 g/mol. The topological polar surface area (TPSA) is 40.6 Å². The Morgan fingerprint density at radius 1 is 1.00 bits per heavy atom. The van der Waals surface area contributed by atoms with Gasteiger partial charge in [0.2, 0.25) is 0 Å². The molecule has 98 valence electrons. The van der Waals surface area contributed by atoms with Gasteiger partial charge in [0.1, 0.15) is 0 Å². The molecule has 0 unspecified atom stereocenters. The van der Waals surface area contributed by atoms with E-state index in [0.29, 0.717) is 12.3 Å². The van der Waals surface area contributed by atoms with E-state index in [0.717, 1.165) is 26.1 Å². The fourth-order valence-corrected chi connectivity index (χ4v) is 2.28. The van der Waals surface area contributed by atoms with E-state index < -0.39 is 9.84 Å². The molecule has 0 amide bonds. The van der Waals surface area contributed by atoms with Crippen molar-refractivity contribution in [3.63, 3.8) is 0 Å². The third kappa shape index (κ3) is 8.07. The van der Waals surface area contributed by atoms with Crippen LogP contribution in [0.2, 0.25) is 0 Å². The van der Waals surface area contributed by atoms with Gasteiger partial charge in [-0.3, -0.25) is 0 Å². The van der Waals surface area contributed by atoms with Gasteiger partial charge in [-0.25, -0.2) is 8.42 Å². The molecule has 0 bridgehead atoms. The second kappa shape index (κ2) is 8.03. The molecular formula is C11H26N2O2S. The first-order valence-electron chi connectivity index (χ1n) is 5.98. The predicted molar refractivity (Wildman–Crippen MR) is 69.6 cm³/mol. The fraction of sp³-hybridized carbons (Fsp3) is 1.00. The van der Waals surface area contributed by atoms with Crippen molar-refractivity contribution in [2.45, 2.75) is 20.3 Å². The summed E-state index contributed by atoms with van der Waals surface area (Å²) in [6.45, 7) is 7.41. The molecule has 0 rings (SSSR count). The first kappa shape index (κ1) is 15.9. The van der Waals surface area contributed by atoms with Crippen molar-refractivity contribution in [1.29, 1.82) is 0 Å². The van der Waals surface area contributed by atoms with Gasteiger partial charge in [-0.05, 0) is 40.2 Å². The first-order valence-corrected chi connectivity index (χ1v) is 7.81. The average Bonchev–Trinajstić information content (AvgIpc) is 2.22. The maximum Gasteiger partial charge on any atom is 0.151 e. The molecule has 0 saturated heterocycles. The molecule has 0 heterocycles. The summed E-state index contributed by atoms with van der Waals surface area (Å²) in [4.78, 5) is 4.35. The molecule has 0 aromatic rings. The van der Waals surface area contributed by atoms with Gasteiger partial charge in [-0.2, -0.15) is 0 Å². The lowest BCUT2D eigenvalue weighted by atomic mass is 10.3. The van der Waals surface area contributed by atoms with Gasteiger partial charge >= 0.3 is 0 Å². The van der Waals surface area contributed by atoms with E-state index in [9.17, 15) is 8.42 Å². The molecule has 0 N–H and O–H groups in total. The minimum absolute atomic E-state index is 0.252. The van der Waals surface area contributed by atoms with E-state index in [1.165, 1.54) is 0 Å². The Labute approximate surface area is 101 Å². The molecule has 0 aliphatic heterocycles. The number of hydrogen-bond donors (Lipinski definition) is 0. The van der Waals surface area contributed by atoms with Crippen LogP contribution >= 0.6 is 0 Å². The van der Waals surface area contributed by atoms with Gasteiger partial charge in [0.25, 0.3) is 0 Å². The van der Waals surface area contributed by atoms with Crippen LogP contribution in [0.3, 0.4) is 0 Å². The van der Waals surface area contributed by atoms with Crippen molar-refractivity contribution in [3.8, 4) is 0 Å². The standard InChI is InChI=1S/C11H26N2O2S/c1-5-13(9-7-8-12(3)4)10-11-16(14,15)6-2/h5-11H2,1-4H3. The van der Waals surface area contributed by atoms with E-state index in [4.69, 9.17) is 0 Å². The molecule has 0 aromatic heterocycles. The normalized spacial score (nSPS) is 12.6. The summed E-state index contributed by atoms with van der Waals surface area (Å²) in [5, 5.41) is 0. The Hall–Kier alpha value is -0.130. The van der Waals surface area contributed by atoms with Crippen LogP contribution in [0.1, 0.15) is 20.3 Å². The van der Waals surface area contributed by atoms with Gasteiger partial charge in [-0.15, -0.1) is 0 Å². The number of sulfone groups is 1. The highest BCUT2D eigenvalue weighted by molar-refractivity contribution is 7.91. The quantitative estimate of drug-likeness (QED) is 0.604. The van der Waals surface area contributed by atoms with E-state index in [1.807, 2.05) is 0 Å². The summed E-state index contributed by atoms with van der Waals surface area (Å²) >= 11 is 0. The molecule has 0 saturated carbocycles. The summed E-state index contributed by atoms with van der Waals surface area (Å²) in [6.07, 6.45) is 1.09. The zero-order chi connectivity index (χ0) is 12.6. The van der Waals surface area contributed by atoms with Crippen molar-refractivity contribution in [2.24, 2.45) is 0 Å². The van der Waals surface area contributed by atoms with Crippen LogP contribution in [-0.4, -0.2) is 70.0 Å². The zero-order valence-electron chi connectivity index (χ0n) is 11.1. The average molecular weight is 250 g/mol. The Bertz CT molecular complexity index is 263. The molecule has 16 heavy (non-hydrogen) atoms. The van der Waals surface area contributed by atoms with Crippen LogP contribution in [0.15, 0.2) is 0 Å². The zero-order valence-corrected chi connectivity index (χ0v) is 11.9. The molecule has 0 spiro atoms. The smallest absolute Gasteiger partial charge is 0.151 e. The van der Waals surface area contributed by atoms with E-state index in [1.54, 1.807) is 6.92 Å². The van der Waals surface area contributed by atoms with Crippen LogP contribution in [0, 0.1) is 0 Å². The van der Waals surface area contributed by atoms with Crippen molar-refractivity contribution in [1.82, 2.24) is 9.80 Å². The molecule has 4 nitrogen and oxygen atoms in total. The van der Waals surface area contributed by atoms with Crippen molar-refractivity contribution in [2.75, 3.05) is 51.8 Å². The van der Waals surface area contributed by atoms with Crippen LogP contribution in [0.25, 0.3) is 0 Å². The predicted octanol–water partition coefficient (Wildman–Crippen LogP) is 0.695. The highest BCUT2D eigenvalue weighted by atomic mass is 32.2. The summed E-state index contributed by atoms with van der Waals surface area (Å²) < 4.78 is 22.7. The number of hydrogen-bond acceptors (Lipinski definition) is 4. The number of rotatable bonds is 9. The van der Waals surface area contributed by atoms with Gasteiger partial charge in [0.05, 0.1) is 5.75 Å². The Kier molecular flexibility index (Phi) is 7.97. The minimum atomic E-state index is -2.82. The third-order valence-corrected chi connectivity index (χ3v) is 4.37. The van der Waals surface area contributed by atoms with Crippen molar-refractivity contribution >= 4 is 9.84 Å².